The molecule has 0 fully saturated rings. The van der Waals surface area contributed by atoms with E-state index in [0.29, 0.717) is 31.6 Å². The summed E-state index contributed by atoms with van der Waals surface area (Å²) in [5, 5.41) is 10.6. The number of esters is 4. The molecule has 0 rings (SSSR count). The molecule has 0 saturated carbocycles. The van der Waals surface area contributed by atoms with Crippen LogP contribution in [0.1, 0.15) is 414 Å². The first-order valence-corrected chi connectivity index (χ1v) is 44.3. The average Bonchev–Trinajstić information content (AvgIpc) is 1.07. The second-order valence-corrected chi connectivity index (χ2v) is 33.1. The number of phosphoric acid groups is 2. The van der Waals surface area contributed by atoms with Crippen molar-refractivity contribution in [3.8, 4) is 0 Å². The minimum Gasteiger partial charge on any atom is -0.462 e. The molecule has 19 heteroatoms. The van der Waals surface area contributed by atoms with Gasteiger partial charge in [-0.15, -0.1) is 0 Å². The van der Waals surface area contributed by atoms with E-state index in [4.69, 9.17) is 37.0 Å². The molecular weight excluding hydrogens is 1290 g/mol. The molecule has 0 aromatic carbocycles. The van der Waals surface area contributed by atoms with Crippen LogP contribution >= 0.6 is 15.6 Å². The third-order valence-electron chi connectivity index (χ3n) is 18.6. The second kappa shape index (κ2) is 70.4. The van der Waals surface area contributed by atoms with Gasteiger partial charge in [0, 0.05) is 25.7 Å². The Balaban J connectivity index is 5.23. The van der Waals surface area contributed by atoms with Crippen LogP contribution in [0.3, 0.4) is 0 Å². The Kier molecular flexibility index (Phi) is 69.0. The predicted octanol–water partition coefficient (Wildman–Crippen LogP) is 23.7. The fourth-order valence-corrected chi connectivity index (χ4v) is 13.9. The maximum Gasteiger partial charge on any atom is 0.472 e. The summed E-state index contributed by atoms with van der Waals surface area (Å²) in [5.74, 6) is 0.167. The molecule has 0 amide bonds. The quantitative estimate of drug-likeness (QED) is 0.0222. The topological polar surface area (TPSA) is 237 Å². The summed E-state index contributed by atoms with van der Waals surface area (Å²) in [6, 6.07) is 0. The molecule has 0 radical (unpaired) electrons. The number of unbranched alkanes of at least 4 members (excludes halogenated alkanes) is 46. The summed E-state index contributed by atoms with van der Waals surface area (Å²) in [6.07, 6.45) is 58.4. The summed E-state index contributed by atoms with van der Waals surface area (Å²) in [7, 11) is -9.92. The Morgan fingerprint density at radius 1 is 0.273 bits per heavy atom. The summed E-state index contributed by atoms with van der Waals surface area (Å²) < 4.78 is 68.7. The van der Waals surface area contributed by atoms with E-state index in [0.717, 1.165) is 108 Å². The third-order valence-corrected chi connectivity index (χ3v) is 20.5. The Labute approximate surface area is 607 Å². The number of aliphatic hydroxyl groups excluding tert-OH is 1. The van der Waals surface area contributed by atoms with Crippen LogP contribution in [0.25, 0.3) is 0 Å². The van der Waals surface area contributed by atoms with Gasteiger partial charge in [0.2, 0.25) is 0 Å². The smallest absolute Gasteiger partial charge is 0.462 e. The van der Waals surface area contributed by atoms with E-state index >= 15 is 0 Å². The van der Waals surface area contributed by atoms with Gasteiger partial charge in [0.1, 0.15) is 19.3 Å². The van der Waals surface area contributed by atoms with Crippen molar-refractivity contribution < 1.29 is 80.2 Å². The maximum atomic E-state index is 13.1. The minimum absolute atomic E-state index is 0.107. The average molecular weight is 1450 g/mol. The van der Waals surface area contributed by atoms with E-state index in [-0.39, 0.29) is 25.7 Å². The van der Waals surface area contributed by atoms with Crippen LogP contribution in [-0.4, -0.2) is 96.7 Å². The van der Waals surface area contributed by atoms with Crippen LogP contribution in [0.2, 0.25) is 0 Å². The lowest BCUT2D eigenvalue weighted by Gasteiger charge is -2.21. The van der Waals surface area contributed by atoms with Gasteiger partial charge in [-0.3, -0.25) is 37.3 Å². The fourth-order valence-electron chi connectivity index (χ4n) is 12.3. The van der Waals surface area contributed by atoms with Crippen LogP contribution in [-0.2, 0) is 65.4 Å². The van der Waals surface area contributed by atoms with Crippen molar-refractivity contribution in [2.24, 2.45) is 17.8 Å². The number of phosphoric ester groups is 2. The second-order valence-electron chi connectivity index (χ2n) is 30.2. The number of carbonyl (C=O) groups excluding carboxylic acids is 4. The molecule has 2 unspecified atom stereocenters. The molecule has 0 heterocycles. The van der Waals surface area contributed by atoms with E-state index in [2.05, 4.69) is 48.5 Å². The molecule has 0 aromatic heterocycles. The van der Waals surface area contributed by atoms with Gasteiger partial charge >= 0.3 is 39.5 Å². The van der Waals surface area contributed by atoms with Gasteiger partial charge < -0.3 is 33.8 Å². The molecule has 588 valence electrons. The number of hydrogen-bond donors (Lipinski definition) is 3. The molecule has 0 aliphatic heterocycles. The Morgan fingerprint density at radius 3 is 0.687 bits per heavy atom. The van der Waals surface area contributed by atoms with Gasteiger partial charge in [-0.2, -0.15) is 0 Å². The highest BCUT2D eigenvalue weighted by atomic mass is 31.2. The SMILES string of the molecule is CCCCCCCCCCCCCCCCCC(=O)O[C@H](COC(=O)CCCCCCCCC(C)C)COP(=O)(O)OC[C@H](O)COP(=O)(O)OC[C@@H](COC(=O)CCCCCCCCCCCCCCCC(C)C)OC(=O)CCCCCCCCCCCCCCCCCCC(C)C. The van der Waals surface area contributed by atoms with Gasteiger partial charge in [0.25, 0.3) is 0 Å². The molecule has 0 aliphatic rings. The minimum atomic E-state index is -4.96. The van der Waals surface area contributed by atoms with Crippen LogP contribution in [0, 0.1) is 17.8 Å². The first kappa shape index (κ1) is 97.1. The van der Waals surface area contributed by atoms with Gasteiger partial charge in [-0.25, -0.2) is 9.13 Å². The highest BCUT2D eigenvalue weighted by Gasteiger charge is 2.30. The first-order chi connectivity index (χ1) is 47.7. The van der Waals surface area contributed by atoms with E-state index in [9.17, 15) is 43.2 Å². The van der Waals surface area contributed by atoms with Crippen molar-refractivity contribution in [1.82, 2.24) is 0 Å². The molecule has 99 heavy (non-hydrogen) atoms. The van der Waals surface area contributed by atoms with E-state index in [1.54, 1.807) is 0 Å². The number of ether oxygens (including phenoxy) is 4. The third kappa shape index (κ3) is 74.1. The molecular formula is C80H156O17P2. The molecule has 0 spiro atoms. The number of carbonyl (C=O) groups is 4. The molecule has 0 aromatic rings. The standard InChI is InChI=1S/C80H156O17P2/c1-8-9-10-11-12-13-14-15-18-24-30-35-40-49-56-64-80(85)97-76(68-91-78(83)62-55-48-43-42-46-53-60-73(6)7)70-95-99(88,89)93-66-74(81)65-92-98(86,87)94-69-75(67-90-77(82)61-54-47-39-34-29-26-21-23-28-33-38-45-52-59-72(4)5)96-79(84)63-57-50-41-36-31-25-20-17-16-19-22-27-32-37-44-51-58-71(2)3/h71-76,81H,8-70H2,1-7H3,(H,86,87)(H,88,89)/t74-,75-,76-/m1/s1. The van der Waals surface area contributed by atoms with E-state index in [1.807, 2.05) is 0 Å². The number of rotatable bonds is 78. The Morgan fingerprint density at radius 2 is 0.465 bits per heavy atom. The van der Waals surface area contributed by atoms with Crippen molar-refractivity contribution in [2.45, 2.75) is 433 Å². The van der Waals surface area contributed by atoms with Crippen molar-refractivity contribution >= 4 is 39.5 Å². The highest BCUT2D eigenvalue weighted by molar-refractivity contribution is 7.47. The van der Waals surface area contributed by atoms with Crippen molar-refractivity contribution in [1.29, 1.82) is 0 Å². The monoisotopic (exact) mass is 1450 g/mol. The lowest BCUT2D eigenvalue weighted by atomic mass is 10.0. The van der Waals surface area contributed by atoms with Gasteiger partial charge in [0.15, 0.2) is 12.2 Å². The highest BCUT2D eigenvalue weighted by Crippen LogP contribution is 2.45. The van der Waals surface area contributed by atoms with Gasteiger partial charge in [0.05, 0.1) is 26.4 Å². The van der Waals surface area contributed by atoms with Crippen LogP contribution in [0.4, 0.5) is 0 Å². The maximum absolute atomic E-state index is 13.1. The summed E-state index contributed by atoms with van der Waals surface area (Å²) in [5.41, 5.74) is 0. The Hall–Kier alpha value is -1.94. The van der Waals surface area contributed by atoms with Crippen LogP contribution in [0.15, 0.2) is 0 Å². The van der Waals surface area contributed by atoms with Crippen molar-refractivity contribution in [2.75, 3.05) is 39.6 Å². The summed E-state index contributed by atoms with van der Waals surface area (Å²) >= 11 is 0. The molecule has 0 aliphatic carbocycles. The predicted molar refractivity (Wildman–Crippen MR) is 405 cm³/mol. The fraction of sp³-hybridized carbons (Fsp3) is 0.950. The largest absolute Gasteiger partial charge is 0.472 e. The van der Waals surface area contributed by atoms with Crippen molar-refractivity contribution in [3.63, 3.8) is 0 Å². The molecule has 0 saturated heterocycles. The lowest BCUT2D eigenvalue weighted by Crippen LogP contribution is -2.30. The zero-order valence-electron chi connectivity index (χ0n) is 65.0. The summed E-state index contributed by atoms with van der Waals surface area (Å²) in [4.78, 5) is 72.9. The normalized spacial score (nSPS) is 14.0. The van der Waals surface area contributed by atoms with E-state index in [1.165, 1.54) is 218 Å². The number of hydrogen-bond acceptors (Lipinski definition) is 15. The molecule has 0 bridgehead atoms. The summed E-state index contributed by atoms with van der Waals surface area (Å²) in [6.45, 7) is 11.9. The molecule has 3 N–H and O–H groups in total. The van der Waals surface area contributed by atoms with Crippen LogP contribution in [0.5, 0.6) is 0 Å². The zero-order chi connectivity index (χ0) is 73.0. The lowest BCUT2D eigenvalue weighted by molar-refractivity contribution is -0.161. The zero-order valence-corrected chi connectivity index (χ0v) is 66.8. The van der Waals surface area contributed by atoms with Gasteiger partial charge in [-0.05, 0) is 43.4 Å². The van der Waals surface area contributed by atoms with Crippen molar-refractivity contribution in [3.05, 3.63) is 0 Å². The number of aliphatic hydroxyl groups is 1. The molecule has 5 atom stereocenters. The van der Waals surface area contributed by atoms with E-state index < -0.39 is 97.5 Å². The Bertz CT molecular complexity index is 1920. The molecule has 17 nitrogen and oxygen atoms in total. The van der Waals surface area contributed by atoms with Crippen LogP contribution < -0.4 is 0 Å². The first-order valence-electron chi connectivity index (χ1n) is 41.3. The van der Waals surface area contributed by atoms with Gasteiger partial charge in [-0.1, -0.05) is 363 Å².